The molecule has 1 aromatic carbocycles. The number of aromatic nitrogens is 1. The summed E-state index contributed by atoms with van der Waals surface area (Å²) in [5, 5.41) is 1.15. The third kappa shape index (κ3) is 2.37. The largest absolute Gasteiger partial charge is 0.396 e. The Morgan fingerprint density at radius 3 is 3.05 bits per heavy atom. The van der Waals surface area contributed by atoms with E-state index in [2.05, 4.69) is 38.8 Å². The summed E-state index contributed by atoms with van der Waals surface area (Å²) in [6.45, 7) is 3.35. The van der Waals surface area contributed by atoms with Crippen LogP contribution in [-0.4, -0.2) is 17.6 Å². The van der Waals surface area contributed by atoms with Crippen LogP contribution in [0.15, 0.2) is 28.9 Å². The van der Waals surface area contributed by atoms with Gasteiger partial charge in [-0.25, -0.2) is 0 Å². The van der Waals surface area contributed by atoms with Crippen molar-refractivity contribution in [3.05, 3.63) is 28.9 Å². The number of hydrogen-bond donors (Lipinski definition) is 1. The van der Waals surface area contributed by atoms with Gasteiger partial charge in [-0.3, -0.25) is 4.98 Å². The lowest BCUT2D eigenvalue weighted by atomic mass is 9.98. The highest BCUT2D eigenvalue weighted by Gasteiger charge is 2.24. The van der Waals surface area contributed by atoms with Crippen LogP contribution in [0.4, 0.5) is 11.4 Å². The molecule has 1 fully saturated rings. The highest BCUT2D eigenvalue weighted by molar-refractivity contribution is 9.10. The van der Waals surface area contributed by atoms with Crippen molar-refractivity contribution >= 4 is 38.2 Å². The number of nitrogen functional groups attached to an aromatic ring is 1. The number of piperidine rings is 1. The van der Waals surface area contributed by atoms with E-state index in [0.717, 1.165) is 34.0 Å². The first-order valence-corrected chi connectivity index (χ1v) is 8.10. The molecule has 0 radical (unpaired) electrons. The zero-order valence-corrected chi connectivity index (χ0v) is 13.4. The van der Waals surface area contributed by atoms with Crippen LogP contribution in [0, 0.1) is 0 Å². The lowest BCUT2D eigenvalue weighted by Gasteiger charge is -2.38. The van der Waals surface area contributed by atoms with E-state index in [1.54, 1.807) is 6.20 Å². The first-order chi connectivity index (χ1) is 9.70. The number of benzene rings is 1. The van der Waals surface area contributed by atoms with Gasteiger partial charge in [0.1, 0.15) is 0 Å². The Hall–Kier alpha value is -1.29. The summed E-state index contributed by atoms with van der Waals surface area (Å²) in [4.78, 5) is 6.95. The first-order valence-electron chi connectivity index (χ1n) is 7.31. The highest BCUT2D eigenvalue weighted by atomic mass is 79.9. The van der Waals surface area contributed by atoms with Gasteiger partial charge in [0.15, 0.2) is 0 Å². The standard InChI is InChI=1S/C16H20BrN3/c1-2-12-5-3-4-8-20(12)16-13-9-11(17)6-7-15(13)19-10-14(16)18/h6-7,9-10,12H,2-5,8,18H2,1H3. The molecular weight excluding hydrogens is 314 g/mol. The van der Waals surface area contributed by atoms with E-state index in [9.17, 15) is 0 Å². The van der Waals surface area contributed by atoms with E-state index < -0.39 is 0 Å². The number of nitrogens with two attached hydrogens (primary N) is 1. The number of nitrogens with zero attached hydrogens (tertiary/aromatic N) is 2. The minimum absolute atomic E-state index is 0.593. The molecule has 1 aromatic heterocycles. The maximum atomic E-state index is 6.27. The fourth-order valence-corrected chi connectivity index (χ4v) is 3.57. The van der Waals surface area contributed by atoms with Crippen molar-refractivity contribution in [2.24, 2.45) is 0 Å². The Morgan fingerprint density at radius 2 is 2.25 bits per heavy atom. The molecule has 106 valence electrons. The summed E-state index contributed by atoms with van der Waals surface area (Å²) in [6.07, 6.45) is 6.79. The molecule has 2 heterocycles. The Kier molecular flexibility index (Phi) is 3.83. The number of hydrogen-bond acceptors (Lipinski definition) is 3. The van der Waals surface area contributed by atoms with Crippen molar-refractivity contribution in [3.63, 3.8) is 0 Å². The van der Waals surface area contributed by atoms with Crippen LogP contribution in [0.2, 0.25) is 0 Å². The molecule has 0 aliphatic carbocycles. The molecule has 0 spiro atoms. The van der Waals surface area contributed by atoms with Gasteiger partial charge in [-0.2, -0.15) is 0 Å². The average molecular weight is 334 g/mol. The zero-order chi connectivity index (χ0) is 14.1. The summed E-state index contributed by atoms with van der Waals surface area (Å²) in [6, 6.07) is 6.81. The van der Waals surface area contributed by atoms with Crippen LogP contribution in [-0.2, 0) is 0 Å². The summed E-state index contributed by atoms with van der Waals surface area (Å²) in [5.41, 5.74) is 9.23. The number of halogens is 1. The van der Waals surface area contributed by atoms with Gasteiger partial charge >= 0.3 is 0 Å². The predicted octanol–water partition coefficient (Wildman–Crippen LogP) is 4.35. The smallest absolute Gasteiger partial charge is 0.0745 e. The second kappa shape index (κ2) is 5.60. The zero-order valence-electron chi connectivity index (χ0n) is 11.8. The Labute approximate surface area is 128 Å². The Balaban J connectivity index is 2.17. The molecule has 20 heavy (non-hydrogen) atoms. The maximum absolute atomic E-state index is 6.27. The van der Waals surface area contributed by atoms with Gasteiger partial charge in [-0.1, -0.05) is 22.9 Å². The van der Waals surface area contributed by atoms with Crippen LogP contribution in [0.1, 0.15) is 32.6 Å². The van der Waals surface area contributed by atoms with Crippen molar-refractivity contribution in [3.8, 4) is 0 Å². The van der Waals surface area contributed by atoms with Crippen molar-refractivity contribution in [1.82, 2.24) is 4.98 Å². The molecule has 4 heteroatoms. The van der Waals surface area contributed by atoms with Gasteiger partial charge in [0, 0.05) is 22.4 Å². The van der Waals surface area contributed by atoms with Crippen LogP contribution >= 0.6 is 15.9 Å². The third-order valence-electron chi connectivity index (χ3n) is 4.22. The second-order valence-corrected chi connectivity index (χ2v) is 6.39. The quantitative estimate of drug-likeness (QED) is 0.888. The van der Waals surface area contributed by atoms with Crippen molar-refractivity contribution in [2.75, 3.05) is 17.2 Å². The molecule has 0 bridgehead atoms. The van der Waals surface area contributed by atoms with E-state index >= 15 is 0 Å². The van der Waals surface area contributed by atoms with E-state index in [0.29, 0.717) is 6.04 Å². The van der Waals surface area contributed by atoms with Crippen molar-refractivity contribution in [2.45, 2.75) is 38.6 Å². The van der Waals surface area contributed by atoms with Gasteiger partial charge in [0.25, 0.3) is 0 Å². The van der Waals surface area contributed by atoms with E-state index in [1.165, 1.54) is 24.9 Å². The summed E-state index contributed by atoms with van der Waals surface area (Å²) in [5.74, 6) is 0. The topological polar surface area (TPSA) is 42.1 Å². The second-order valence-electron chi connectivity index (χ2n) is 5.47. The summed E-state index contributed by atoms with van der Waals surface area (Å²) in [7, 11) is 0. The number of pyridine rings is 1. The SMILES string of the molecule is CCC1CCCCN1c1c(N)cnc2ccc(Br)cc12. The fraction of sp³-hybridized carbons (Fsp3) is 0.438. The maximum Gasteiger partial charge on any atom is 0.0745 e. The van der Waals surface area contributed by atoms with Gasteiger partial charge < -0.3 is 10.6 Å². The summed E-state index contributed by atoms with van der Waals surface area (Å²) >= 11 is 3.56. The minimum Gasteiger partial charge on any atom is -0.396 e. The van der Waals surface area contributed by atoms with Crippen LogP contribution in [0.5, 0.6) is 0 Å². The molecule has 2 aromatic rings. The van der Waals surface area contributed by atoms with Gasteiger partial charge in [-0.15, -0.1) is 0 Å². The molecule has 3 nitrogen and oxygen atoms in total. The number of fused-ring (bicyclic) bond motifs is 1. The monoisotopic (exact) mass is 333 g/mol. The third-order valence-corrected chi connectivity index (χ3v) is 4.71. The number of anilines is 2. The van der Waals surface area contributed by atoms with E-state index in [1.807, 2.05) is 12.1 Å². The van der Waals surface area contributed by atoms with Crippen LogP contribution in [0.25, 0.3) is 10.9 Å². The average Bonchev–Trinajstić information content (AvgIpc) is 2.47. The minimum atomic E-state index is 0.593. The molecule has 1 aliphatic heterocycles. The number of rotatable bonds is 2. The van der Waals surface area contributed by atoms with Crippen molar-refractivity contribution in [1.29, 1.82) is 0 Å². The Bertz CT molecular complexity index is 621. The normalized spacial score (nSPS) is 19.5. The molecule has 1 atom stereocenters. The molecule has 1 aliphatic rings. The highest BCUT2D eigenvalue weighted by Crippen LogP contribution is 2.37. The van der Waals surface area contributed by atoms with Crippen LogP contribution < -0.4 is 10.6 Å². The first kappa shape index (κ1) is 13.7. The molecule has 2 N–H and O–H groups in total. The van der Waals surface area contributed by atoms with Gasteiger partial charge in [0.05, 0.1) is 23.1 Å². The fourth-order valence-electron chi connectivity index (χ4n) is 3.21. The molecule has 1 unspecified atom stereocenters. The summed E-state index contributed by atoms with van der Waals surface area (Å²) < 4.78 is 1.07. The van der Waals surface area contributed by atoms with Gasteiger partial charge in [0.2, 0.25) is 0 Å². The molecular formula is C16H20BrN3. The van der Waals surface area contributed by atoms with Crippen molar-refractivity contribution < 1.29 is 0 Å². The lowest BCUT2D eigenvalue weighted by molar-refractivity contribution is 0.451. The van der Waals surface area contributed by atoms with Crippen LogP contribution in [0.3, 0.4) is 0 Å². The van der Waals surface area contributed by atoms with Gasteiger partial charge in [-0.05, 0) is 43.9 Å². The molecule has 0 saturated carbocycles. The molecule has 3 rings (SSSR count). The Morgan fingerprint density at radius 1 is 1.40 bits per heavy atom. The van der Waals surface area contributed by atoms with E-state index in [-0.39, 0.29) is 0 Å². The predicted molar refractivity (Wildman–Crippen MR) is 89.1 cm³/mol. The molecule has 0 amide bonds. The molecule has 1 saturated heterocycles. The van der Waals surface area contributed by atoms with E-state index in [4.69, 9.17) is 5.73 Å². The lowest BCUT2D eigenvalue weighted by Crippen LogP contribution is -2.39.